The summed E-state index contributed by atoms with van der Waals surface area (Å²) in [5, 5.41) is 6.51. The summed E-state index contributed by atoms with van der Waals surface area (Å²) in [6.45, 7) is 1.57. The number of carbonyl (C=O) groups excluding carboxylic acids is 1. The number of carbonyl (C=O) groups is 1. The molecule has 1 aliphatic carbocycles. The zero-order chi connectivity index (χ0) is 18.0. The van der Waals surface area contributed by atoms with Crippen LogP contribution in [0.15, 0.2) is 30.3 Å². The van der Waals surface area contributed by atoms with Gasteiger partial charge >= 0.3 is 6.18 Å². The third-order valence-corrected chi connectivity index (χ3v) is 4.53. The molecule has 1 saturated carbocycles. The van der Waals surface area contributed by atoms with Crippen molar-refractivity contribution in [3.05, 3.63) is 41.7 Å². The van der Waals surface area contributed by atoms with Gasteiger partial charge < -0.3 is 5.32 Å². The van der Waals surface area contributed by atoms with Gasteiger partial charge in [0.15, 0.2) is 5.69 Å². The molecule has 0 unspecified atom stereocenters. The fourth-order valence-corrected chi connectivity index (χ4v) is 3.17. The fourth-order valence-electron chi connectivity index (χ4n) is 3.17. The number of rotatable bonds is 3. The molecule has 134 valence electrons. The van der Waals surface area contributed by atoms with Gasteiger partial charge in [0.2, 0.25) is 5.91 Å². The van der Waals surface area contributed by atoms with Gasteiger partial charge in [0.05, 0.1) is 5.69 Å². The Balaban J connectivity index is 1.72. The summed E-state index contributed by atoms with van der Waals surface area (Å²) in [4.78, 5) is 12.2. The molecule has 3 rings (SSSR count). The molecule has 1 aliphatic rings. The number of hydrogen-bond donors (Lipinski definition) is 1. The standard InChI is InChI=1S/C18H20F3N3O/c1-12-11-16(18(19,20)21)23-24(12)15-9-7-14(8-10-15)22-17(25)13-5-3-2-4-6-13/h7-11,13H,2-6H2,1H3,(H,22,25). The number of aromatic nitrogens is 2. The summed E-state index contributed by atoms with van der Waals surface area (Å²) in [6.07, 6.45) is 0.701. The minimum absolute atomic E-state index is 0.0158. The van der Waals surface area contributed by atoms with Gasteiger partial charge in [-0.25, -0.2) is 4.68 Å². The Morgan fingerprint density at radius 3 is 2.36 bits per heavy atom. The largest absolute Gasteiger partial charge is 0.435 e. The molecular formula is C18H20F3N3O. The van der Waals surface area contributed by atoms with Crippen molar-refractivity contribution < 1.29 is 18.0 Å². The van der Waals surface area contributed by atoms with E-state index in [2.05, 4.69) is 10.4 Å². The van der Waals surface area contributed by atoms with Crippen molar-refractivity contribution in [3.63, 3.8) is 0 Å². The van der Waals surface area contributed by atoms with Crippen LogP contribution < -0.4 is 5.32 Å². The van der Waals surface area contributed by atoms with Gasteiger partial charge in [-0.05, 0) is 50.1 Å². The van der Waals surface area contributed by atoms with Crippen LogP contribution in [0.2, 0.25) is 0 Å². The Labute approximate surface area is 144 Å². The maximum absolute atomic E-state index is 12.8. The van der Waals surface area contributed by atoms with E-state index in [0.29, 0.717) is 17.1 Å². The van der Waals surface area contributed by atoms with Crippen molar-refractivity contribution in [1.82, 2.24) is 9.78 Å². The summed E-state index contributed by atoms with van der Waals surface area (Å²) in [7, 11) is 0. The molecule has 0 radical (unpaired) electrons. The maximum atomic E-state index is 12.8. The fraction of sp³-hybridized carbons (Fsp3) is 0.444. The number of aryl methyl sites for hydroxylation is 1. The van der Waals surface area contributed by atoms with E-state index in [1.165, 1.54) is 11.1 Å². The summed E-state index contributed by atoms with van der Waals surface area (Å²) in [5.74, 6) is 0.0678. The van der Waals surface area contributed by atoms with Crippen LogP contribution in [0.5, 0.6) is 0 Å². The van der Waals surface area contributed by atoms with E-state index < -0.39 is 11.9 Å². The lowest BCUT2D eigenvalue weighted by Crippen LogP contribution is -2.24. The van der Waals surface area contributed by atoms with Gasteiger partial charge in [-0.3, -0.25) is 4.79 Å². The molecule has 0 aliphatic heterocycles. The third kappa shape index (κ3) is 4.03. The zero-order valence-electron chi connectivity index (χ0n) is 13.9. The summed E-state index contributed by atoms with van der Waals surface area (Å²) >= 11 is 0. The van der Waals surface area contributed by atoms with Crippen molar-refractivity contribution in [3.8, 4) is 5.69 Å². The second-order valence-electron chi connectivity index (χ2n) is 6.45. The van der Waals surface area contributed by atoms with Gasteiger partial charge in [0.25, 0.3) is 0 Å². The van der Waals surface area contributed by atoms with E-state index in [1.54, 1.807) is 31.2 Å². The van der Waals surface area contributed by atoms with E-state index in [1.807, 2.05) is 0 Å². The van der Waals surface area contributed by atoms with Crippen LogP contribution >= 0.6 is 0 Å². The molecule has 0 spiro atoms. The lowest BCUT2D eigenvalue weighted by atomic mass is 9.88. The van der Waals surface area contributed by atoms with Crippen LogP contribution in [0.1, 0.15) is 43.5 Å². The van der Waals surface area contributed by atoms with Gasteiger partial charge in [-0.2, -0.15) is 18.3 Å². The second kappa shape index (κ2) is 6.90. The van der Waals surface area contributed by atoms with E-state index in [-0.39, 0.29) is 11.8 Å². The molecule has 7 heteroatoms. The van der Waals surface area contributed by atoms with E-state index in [0.717, 1.165) is 31.7 Å². The zero-order valence-corrected chi connectivity index (χ0v) is 13.9. The van der Waals surface area contributed by atoms with Gasteiger partial charge in [0.1, 0.15) is 0 Å². The monoisotopic (exact) mass is 351 g/mol. The van der Waals surface area contributed by atoms with Crippen LogP contribution in [-0.2, 0) is 11.0 Å². The number of alkyl halides is 3. The molecule has 0 bridgehead atoms. The predicted molar refractivity (Wildman–Crippen MR) is 88.5 cm³/mol. The molecule has 0 atom stereocenters. The number of benzene rings is 1. The Hall–Kier alpha value is -2.31. The molecule has 4 nitrogen and oxygen atoms in total. The van der Waals surface area contributed by atoms with E-state index in [9.17, 15) is 18.0 Å². The van der Waals surface area contributed by atoms with Gasteiger partial charge in [-0.15, -0.1) is 0 Å². The van der Waals surface area contributed by atoms with Crippen molar-refractivity contribution >= 4 is 11.6 Å². The minimum Gasteiger partial charge on any atom is -0.326 e. The Morgan fingerprint density at radius 1 is 1.16 bits per heavy atom. The molecule has 0 saturated heterocycles. The first-order valence-electron chi connectivity index (χ1n) is 8.40. The molecule has 1 N–H and O–H groups in total. The molecule has 25 heavy (non-hydrogen) atoms. The SMILES string of the molecule is Cc1cc(C(F)(F)F)nn1-c1ccc(NC(=O)C2CCCCC2)cc1. The van der Waals surface area contributed by atoms with E-state index in [4.69, 9.17) is 0 Å². The van der Waals surface area contributed by atoms with Crippen molar-refractivity contribution in [2.24, 2.45) is 5.92 Å². The van der Waals surface area contributed by atoms with E-state index >= 15 is 0 Å². The Morgan fingerprint density at radius 2 is 1.80 bits per heavy atom. The molecule has 1 heterocycles. The smallest absolute Gasteiger partial charge is 0.326 e. The van der Waals surface area contributed by atoms with Crippen molar-refractivity contribution in [2.45, 2.75) is 45.2 Å². The first kappa shape index (κ1) is 17.5. The van der Waals surface area contributed by atoms with Crippen LogP contribution in [-0.4, -0.2) is 15.7 Å². The molecule has 2 aromatic rings. The third-order valence-electron chi connectivity index (χ3n) is 4.53. The Bertz CT molecular complexity index is 744. The quantitative estimate of drug-likeness (QED) is 0.870. The summed E-state index contributed by atoms with van der Waals surface area (Å²) in [6, 6.07) is 7.68. The number of anilines is 1. The maximum Gasteiger partial charge on any atom is 0.435 e. The second-order valence-corrected chi connectivity index (χ2v) is 6.45. The predicted octanol–water partition coefficient (Wildman–Crippen LogP) is 4.72. The molecule has 1 aromatic carbocycles. The average Bonchev–Trinajstić information content (AvgIpc) is 2.98. The highest BCUT2D eigenvalue weighted by Gasteiger charge is 2.34. The summed E-state index contributed by atoms with van der Waals surface area (Å²) in [5.41, 5.74) is 0.634. The average molecular weight is 351 g/mol. The molecule has 1 aromatic heterocycles. The number of nitrogens with zero attached hydrogens (tertiary/aromatic N) is 2. The first-order valence-corrected chi connectivity index (χ1v) is 8.40. The minimum atomic E-state index is -4.47. The normalized spacial score (nSPS) is 16.0. The summed E-state index contributed by atoms with van der Waals surface area (Å²) < 4.78 is 39.5. The number of halogens is 3. The van der Waals surface area contributed by atoms with Crippen LogP contribution in [0, 0.1) is 12.8 Å². The highest BCUT2D eigenvalue weighted by atomic mass is 19.4. The number of hydrogen-bond acceptors (Lipinski definition) is 2. The van der Waals surface area contributed by atoms with Gasteiger partial charge in [0, 0.05) is 17.3 Å². The highest BCUT2D eigenvalue weighted by Crippen LogP contribution is 2.29. The molecular weight excluding hydrogens is 331 g/mol. The van der Waals surface area contributed by atoms with Crippen LogP contribution in [0.3, 0.4) is 0 Å². The highest BCUT2D eigenvalue weighted by molar-refractivity contribution is 5.92. The molecule has 1 fully saturated rings. The molecule has 1 amide bonds. The van der Waals surface area contributed by atoms with Gasteiger partial charge in [-0.1, -0.05) is 19.3 Å². The topological polar surface area (TPSA) is 46.9 Å². The number of amides is 1. The number of nitrogens with one attached hydrogen (secondary N) is 1. The van der Waals surface area contributed by atoms with Crippen molar-refractivity contribution in [2.75, 3.05) is 5.32 Å². The van der Waals surface area contributed by atoms with Crippen molar-refractivity contribution in [1.29, 1.82) is 0 Å². The first-order chi connectivity index (χ1) is 11.8. The lowest BCUT2D eigenvalue weighted by Gasteiger charge is -2.20. The Kier molecular flexibility index (Phi) is 4.83. The van der Waals surface area contributed by atoms with Crippen LogP contribution in [0.4, 0.5) is 18.9 Å². The lowest BCUT2D eigenvalue weighted by molar-refractivity contribution is -0.141. The van der Waals surface area contributed by atoms with Crippen LogP contribution in [0.25, 0.3) is 5.69 Å².